The van der Waals surface area contributed by atoms with E-state index in [0.29, 0.717) is 25.9 Å². The van der Waals surface area contributed by atoms with Gasteiger partial charge >= 0.3 is 0 Å². The van der Waals surface area contributed by atoms with Crippen LogP contribution in [-0.2, 0) is 22.7 Å². The van der Waals surface area contributed by atoms with Crippen LogP contribution in [0, 0.1) is 6.92 Å². The first-order chi connectivity index (χ1) is 12.9. The van der Waals surface area contributed by atoms with Gasteiger partial charge in [-0.05, 0) is 31.9 Å². The summed E-state index contributed by atoms with van der Waals surface area (Å²) in [5.74, 6) is 0.595. The van der Waals surface area contributed by atoms with Gasteiger partial charge < -0.3 is 15.0 Å². The number of hydrogen-bond acceptors (Lipinski definition) is 3. The van der Waals surface area contributed by atoms with Crippen molar-refractivity contribution >= 4 is 11.8 Å². The van der Waals surface area contributed by atoms with Crippen LogP contribution in [-0.4, -0.2) is 29.4 Å². The number of likely N-dealkylation sites (tertiary alicyclic amines) is 1. The fourth-order valence-corrected chi connectivity index (χ4v) is 3.48. The molecule has 0 bridgehead atoms. The molecule has 0 aromatic heterocycles. The quantitative estimate of drug-likeness (QED) is 0.854. The third kappa shape index (κ3) is 3.97. The highest BCUT2D eigenvalue weighted by Crippen LogP contribution is 2.33. The molecule has 1 atom stereocenters. The van der Waals surface area contributed by atoms with Crippen LogP contribution in [0.25, 0.3) is 0 Å². The van der Waals surface area contributed by atoms with Gasteiger partial charge in [-0.15, -0.1) is 0 Å². The lowest BCUT2D eigenvalue weighted by molar-refractivity contribution is -0.141. The number of para-hydroxylation sites is 1. The highest BCUT2D eigenvalue weighted by molar-refractivity contribution is 5.94. The Labute approximate surface area is 160 Å². The van der Waals surface area contributed by atoms with Crippen LogP contribution in [0.2, 0.25) is 0 Å². The number of ether oxygens (including phenoxy) is 1. The maximum absolute atomic E-state index is 13.0. The number of benzene rings is 2. The Hall–Kier alpha value is -2.82. The highest BCUT2D eigenvalue weighted by Gasteiger charge is 2.47. The Balaban J connectivity index is 1.74. The second kappa shape index (κ2) is 7.82. The normalized spacial score (nSPS) is 19.2. The Morgan fingerprint density at radius 1 is 1.19 bits per heavy atom. The first-order valence-electron chi connectivity index (χ1n) is 9.20. The number of carbonyl (C=O) groups is 2. The molecular formula is C22H26N2O3. The molecule has 2 aromatic rings. The van der Waals surface area contributed by atoms with Crippen molar-refractivity contribution < 1.29 is 14.3 Å². The van der Waals surface area contributed by atoms with Crippen molar-refractivity contribution in [1.82, 2.24) is 10.2 Å². The lowest BCUT2D eigenvalue weighted by Gasteiger charge is -2.34. The molecule has 0 spiro atoms. The summed E-state index contributed by atoms with van der Waals surface area (Å²) in [5, 5.41) is 3.00. The smallest absolute Gasteiger partial charge is 0.245 e. The van der Waals surface area contributed by atoms with E-state index in [9.17, 15) is 9.59 Å². The van der Waals surface area contributed by atoms with Gasteiger partial charge in [-0.1, -0.05) is 48.0 Å². The summed E-state index contributed by atoms with van der Waals surface area (Å²) < 4.78 is 5.40. The lowest BCUT2D eigenvalue weighted by atomic mass is 9.96. The first kappa shape index (κ1) is 19.0. The molecule has 5 nitrogen and oxygen atoms in total. The number of hydrogen-bond donors (Lipinski definition) is 1. The van der Waals surface area contributed by atoms with Crippen molar-refractivity contribution in [1.29, 1.82) is 0 Å². The summed E-state index contributed by atoms with van der Waals surface area (Å²) in [7, 11) is 1.61. The number of aryl methyl sites for hydroxylation is 1. The Morgan fingerprint density at radius 3 is 2.59 bits per heavy atom. The van der Waals surface area contributed by atoms with Crippen molar-refractivity contribution in [3.8, 4) is 5.75 Å². The van der Waals surface area contributed by atoms with Gasteiger partial charge in [0.25, 0.3) is 0 Å². The number of nitrogens with one attached hydrogen (secondary N) is 1. The molecule has 1 aliphatic heterocycles. The van der Waals surface area contributed by atoms with Crippen molar-refractivity contribution in [2.75, 3.05) is 7.11 Å². The summed E-state index contributed by atoms with van der Waals surface area (Å²) in [5.41, 5.74) is 2.26. The minimum absolute atomic E-state index is 0.00566. The standard InChI is InChI=1S/C22H26N2O3/c1-16-8-10-17(11-9-16)14-23-21(26)22(2)13-12-20(25)24(22)15-18-6-4-5-7-19(18)27-3/h4-11H,12-15H2,1-3H3,(H,23,26)/t22-/m0/s1. The summed E-state index contributed by atoms with van der Waals surface area (Å²) in [6.07, 6.45) is 0.893. The first-order valence-corrected chi connectivity index (χ1v) is 9.20. The van der Waals surface area contributed by atoms with Gasteiger partial charge in [0.05, 0.1) is 13.7 Å². The van der Waals surface area contributed by atoms with Gasteiger partial charge in [0.2, 0.25) is 11.8 Å². The van der Waals surface area contributed by atoms with E-state index in [1.54, 1.807) is 12.0 Å². The van der Waals surface area contributed by atoms with Gasteiger partial charge in [0.1, 0.15) is 11.3 Å². The van der Waals surface area contributed by atoms with E-state index in [2.05, 4.69) is 5.32 Å². The molecule has 2 aromatic carbocycles. The Bertz CT molecular complexity index is 832. The van der Waals surface area contributed by atoms with E-state index in [1.807, 2.05) is 62.4 Å². The third-order valence-electron chi connectivity index (χ3n) is 5.31. The zero-order valence-corrected chi connectivity index (χ0v) is 16.1. The van der Waals surface area contributed by atoms with Crippen LogP contribution in [0.1, 0.15) is 36.5 Å². The van der Waals surface area contributed by atoms with Crippen LogP contribution in [0.3, 0.4) is 0 Å². The Kier molecular flexibility index (Phi) is 5.49. The number of rotatable bonds is 6. The monoisotopic (exact) mass is 366 g/mol. The molecule has 1 N–H and O–H groups in total. The molecule has 0 aliphatic carbocycles. The minimum atomic E-state index is -0.858. The molecule has 27 heavy (non-hydrogen) atoms. The van der Waals surface area contributed by atoms with E-state index in [-0.39, 0.29) is 11.8 Å². The van der Waals surface area contributed by atoms with E-state index in [4.69, 9.17) is 4.74 Å². The van der Waals surface area contributed by atoms with E-state index < -0.39 is 5.54 Å². The second-order valence-electron chi connectivity index (χ2n) is 7.23. The largest absolute Gasteiger partial charge is 0.496 e. The molecule has 5 heteroatoms. The van der Waals surface area contributed by atoms with Gasteiger partial charge in [-0.2, -0.15) is 0 Å². The van der Waals surface area contributed by atoms with Crippen molar-refractivity contribution in [2.45, 2.75) is 45.3 Å². The second-order valence-corrected chi connectivity index (χ2v) is 7.23. The van der Waals surface area contributed by atoms with Gasteiger partial charge in [-0.25, -0.2) is 0 Å². The molecule has 0 radical (unpaired) electrons. The zero-order valence-electron chi connectivity index (χ0n) is 16.1. The molecule has 3 rings (SSSR count). The summed E-state index contributed by atoms with van der Waals surface area (Å²) in [6, 6.07) is 15.6. The maximum atomic E-state index is 13.0. The SMILES string of the molecule is COc1ccccc1CN1C(=O)CC[C@@]1(C)C(=O)NCc1ccc(C)cc1. The van der Waals surface area contributed by atoms with Gasteiger partial charge in [0.15, 0.2) is 0 Å². The fourth-order valence-electron chi connectivity index (χ4n) is 3.48. The van der Waals surface area contributed by atoms with Crippen LogP contribution in [0.4, 0.5) is 0 Å². The molecule has 2 amide bonds. The fraction of sp³-hybridized carbons (Fsp3) is 0.364. The average molecular weight is 366 g/mol. The van der Waals surface area contributed by atoms with Gasteiger partial charge in [-0.3, -0.25) is 9.59 Å². The number of nitrogens with zero attached hydrogens (tertiary/aromatic N) is 1. The van der Waals surface area contributed by atoms with Gasteiger partial charge in [0, 0.05) is 18.5 Å². The molecule has 1 saturated heterocycles. The van der Waals surface area contributed by atoms with Crippen LogP contribution < -0.4 is 10.1 Å². The number of carbonyl (C=O) groups excluding carboxylic acids is 2. The molecule has 1 aliphatic rings. The topological polar surface area (TPSA) is 58.6 Å². The molecule has 0 unspecified atom stereocenters. The number of amides is 2. The van der Waals surface area contributed by atoms with Crippen LogP contribution >= 0.6 is 0 Å². The molecule has 0 saturated carbocycles. The van der Waals surface area contributed by atoms with Crippen LogP contribution in [0.5, 0.6) is 5.75 Å². The van der Waals surface area contributed by atoms with E-state index in [0.717, 1.165) is 16.9 Å². The molecule has 1 heterocycles. The lowest BCUT2D eigenvalue weighted by Crippen LogP contribution is -2.53. The average Bonchev–Trinajstić information content (AvgIpc) is 2.97. The predicted molar refractivity (Wildman–Crippen MR) is 104 cm³/mol. The summed E-state index contributed by atoms with van der Waals surface area (Å²) >= 11 is 0. The molecular weight excluding hydrogens is 340 g/mol. The van der Waals surface area contributed by atoms with E-state index in [1.165, 1.54) is 5.56 Å². The van der Waals surface area contributed by atoms with Crippen molar-refractivity contribution in [3.63, 3.8) is 0 Å². The van der Waals surface area contributed by atoms with E-state index >= 15 is 0 Å². The summed E-state index contributed by atoms with van der Waals surface area (Å²) in [6.45, 7) is 4.68. The number of methoxy groups -OCH3 is 1. The molecule has 142 valence electrons. The third-order valence-corrected chi connectivity index (χ3v) is 5.31. The minimum Gasteiger partial charge on any atom is -0.496 e. The maximum Gasteiger partial charge on any atom is 0.245 e. The zero-order chi connectivity index (χ0) is 19.4. The van der Waals surface area contributed by atoms with Crippen molar-refractivity contribution in [3.05, 3.63) is 65.2 Å². The van der Waals surface area contributed by atoms with Crippen LogP contribution in [0.15, 0.2) is 48.5 Å². The summed E-state index contributed by atoms with van der Waals surface area (Å²) in [4.78, 5) is 27.2. The Morgan fingerprint density at radius 2 is 1.89 bits per heavy atom. The van der Waals surface area contributed by atoms with Crippen molar-refractivity contribution in [2.24, 2.45) is 0 Å². The molecule has 1 fully saturated rings. The highest BCUT2D eigenvalue weighted by atomic mass is 16.5. The predicted octanol–water partition coefficient (Wildman–Crippen LogP) is 3.20.